The van der Waals surface area contributed by atoms with Gasteiger partial charge in [0.1, 0.15) is 28.0 Å². The fourth-order valence-corrected chi connectivity index (χ4v) is 7.39. The number of ether oxygens (including phenoxy) is 5. The fourth-order valence-electron chi connectivity index (χ4n) is 6.79. The van der Waals surface area contributed by atoms with Gasteiger partial charge in [-0.05, 0) is 86.3 Å². The molecule has 0 saturated carbocycles. The van der Waals surface area contributed by atoms with Crippen LogP contribution in [0, 0.1) is 11.1 Å². The van der Waals surface area contributed by atoms with Gasteiger partial charge in [0, 0.05) is 18.5 Å². The van der Waals surface area contributed by atoms with E-state index in [2.05, 4.69) is 9.64 Å². The number of aromatic nitrogens is 1. The van der Waals surface area contributed by atoms with Crippen LogP contribution in [0.5, 0.6) is 17.2 Å². The summed E-state index contributed by atoms with van der Waals surface area (Å²) in [5.74, 6) is -0.0918. The Bertz CT molecular complexity index is 1920. The molecule has 0 aliphatic carbocycles. The summed E-state index contributed by atoms with van der Waals surface area (Å²) in [4.78, 5) is 31.3. The molecule has 3 fully saturated rings. The second kappa shape index (κ2) is 17.5. The third-order valence-electron chi connectivity index (χ3n) is 9.53. The zero-order valence-electron chi connectivity index (χ0n) is 29.6. The molecule has 0 spiro atoms. The van der Waals surface area contributed by atoms with Gasteiger partial charge < -0.3 is 28.9 Å². The normalized spacial score (nSPS) is 18.2. The highest BCUT2D eigenvalue weighted by Crippen LogP contribution is 2.37. The molecule has 3 aliphatic rings. The molecule has 3 aromatic carbocycles. The number of alkyl halides is 2. The third kappa shape index (κ3) is 9.26. The number of carbonyl (C=O) groups is 2. The van der Waals surface area contributed by atoms with Gasteiger partial charge in [-0.15, -0.1) is 0 Å². The standard InChI is InChI=1S/C39H39Cl2F2N3O8/c1-3-51-35-18-27(12-13-33(35)53-38(42)43)34(19-28-29(40)21-45(49)22-30(28)41)52-37(47)26-10-8-24(9-11-26)20-46(31-6-4-5-7-32(31)50-2)39(48)54-36-23-44-16-14-25(36)15-17-44/h4-13,18,21-22,25,34,36,38H,3,14-17,19-20,23H2,1-2H3/t34?,36-/m0/s1. The van der Waals surface area contributed by atoms with Crippen molar-refractivity contribution in [2.45, 2.75) is 51.6 Å². The van der Waals surface area contributed by atoms with Crippen LogP contribution in [0.3, 0.4) is 0 Å². The highest BCUT2D eigenvalue weighted by atomic mass is 35.5. The van der Waals surface area contributed by atoms with E-state index in [0.717, 1.165) is 38.3 Å². The minimum atomic E-state index is -3.09. The maximum atomic E-state index is 13.8. The van der Waals surface area contributed by atoms with Gasteiger partial charge in [0.25, 0.3) is 0 Å². The Kier molecular flexibility index (Phi) is 12.6. The Morgan fingerprint density at radius 2 is 1.69 bits per heavy atom. The van der Waals surface area contributed by atoms with Crippen molar-refractivity contribution in [3.8, 4) is 17.2 Å². The number of amides is 1. The Morgan fingerprint density at radius 3 is 2.31 bits per heavy atom. The maximum Gasteiger partial charge on any atom is 0.415 e. The van der Waals surface area contributed by atoms with Crippen molar-refractivity contribution in [2.24, 2.45) is 5.92 Å². The molecular formula is C39H39Cl2F2N3O8. The van der Waals surface area contributed by atoms with E-state index in [1.54, 1.807) is 43.3 Å². The summed E-state index contributed by atoms with van der Waals surface area (Å²) >= 11 is 12.8. The van der Waals surface area contributed by atoms with Gasteiger partial charge >= 0.3 is 18.7 Å². The molecular weight excluding hydrogens is 747 g/mol. The van der Waals surface area contributed by atoms with Gasteiger partial charge in [0.15, 0.2) is 23.9 Å². The number of halogens is 4. The van der Waals surface area contributed by atoms with Crippen LogP contribution < -0.4 is 23.8 Å². The number of hydrogen-bond acceptors (Lipinski definition) is 9. The van der Waals surface area contributed by atoms with Crippen LogP contribution in [0.4, 0.5) is 19.3 Å². The van der Waals surface area contributed by atoms with E-state index < -0.39 is 24.8 Å². The molecule has 7 rings (SSSR count). The van der Waals surface area contributed by atoms with Gasteiger partial charge in [-0.2, -0.15) is 13.5 Å². The van der Waals surface area contributed by atoms with E-state index >= 15 is 0 Å². The number of benzene rings is 3. The second-order valence-corrected chi connectivity index (χ2v) is 13.7. The number of anilines is 1. The highest BCUT2D eigenvalue weighted by molar-refractivity contribution is 6.35. The number of para-hydroxylation sites is 2. The lowest BCUT2D eigenvalue weighted by Gasteiger charge is -2.44. The number of esters is 1. The van der Waals surface area contributed by atoms with E-state index in [9.17, 15) is 23.6 Å². The van der Waals surface area contributed by atoms with Crippen LogP contribution in [-0.4, -0.2) is 63.0 Å². The lowest BCUT2D eigenvalue weighted by molar-refractivity contribution is -0.605. The molecule has 4 aromatic rings. The topological polar surface area (TPSA) is 114 Å². The molecule has 3 saturated heterocycles. The third-order valence-corrected chi connectivity index (χ3v) is 10.2. The average molecular weight is 787 g/mol. The Labute approximate surface area is 321 Å². The molecule has 3 aliphatic heterocycles. The van der Waals surface area contributed by atoms with Gasteiger partial charge in [0.05, 0.1) is 31.5 Å². The zero-order chi connectivity index (χ0) is 38.4. The molecule has 11 nitrogen and oxygen atoms in total. The number of methoxy groups -OCH3 is 1. The van der Waals surface area contributed by atoms with Crippen LogP contribution in [0.1, 0.15) is 52.9 Å². The van der Waals surface area contributed by atoms with Crippen molar-refractivity contribution in [1.29, 1.82) is 0 Å². The molecule has 15 heteroatoms. The quantitative estimate of drug-likeness (QED) is 0.0713. The number of hydrogen-bond donors (Lipinski definition) is 0. The van der Waals surface area contributed by atoms with E-state index in [1.807, 2.05) is 12.1 Å². The van der Waals surface area contributed by atoms with Crippen molar-refractivity contribution in [1.82, 2.24) is 4.90 Å². The first-order valence-corrected chi connectivity index (χ1v) is 18.2. The van der Waals surface area contributed by atoms with Crippen molar-refractivity contribution < 1.29 is 46.8 Å². The molecule has 2 atom stereocenters. The Morgan fingerprint density at radius 1 is 0.981 bits per heavy atom. The van der Waals surface area contributed by atoms with Gasteiger partial charge in [0.2, 0.25) is 0 Å². The van der Waals surface area contributed by atoms with Gasteiger partial charge in [-0.25, -0.2) is 9.59 Å². The number of piperidine rings is 3. The van der Waals surface area contributed by atoms with Crippen LogP contribution in [0.25, 0.3) is 0 Å². The summed E-state index contributed by atoms with van der Waals surface area (Å²) in [6.07, 6.45) is 2.38. The number of pyridine rings is 1. The second-order valence-electron chi connectivity index (χ2n) is 12.9. The molecule has 54 heavy (non-hydrogen) atoms. The lowest BCUT2D eigenvalue weighted by Crippen LogP contribution is -2.53. The van der Waals surface area contributed by atoms with Crippen LogP contribution >= 0.6 is 23.2 Å². The van der Waals surface area contributed by atoms with E-state index in [4.69, 9.17) is 42.1 Å². The first-order chi connectivity index (χ1) is 26.0. The maximum absolute atomic E-state index is 13.8. The minimum absolute atomic E-state index is 0.00925. The molecule has 0 radical (unpaired) electrons. The van der Waals surface area contributed by atoms with Gasteiger partial charge in [-0.1, -0.05) is 53.5 Å². The lowest BCUT2D eigenvalue weighted by atomic mass is 9.86. The number of carbonyl (C=O) groups excluding carboxylic acids is 2. The van der Waals surface area contributed by atoms with Crippen LogP contribution in [-0.2, 0) is 22.4 Å². The average Bonchev–Trinajstić information content (AvgIpc) is 3.16. The van der Waals surface area contributed by atoms with E-state index in [-0.39, 0.29) is 52.8 Å². The number of fused-ring (bicyclic) bond motifs is 3. The van der Waals surface area contributed by atoms with Crippen LogP contribution in [0.15, 0.2) is 79.1 Å². The van der Waals surface area contributed by atoms with Crippen molar-refractivity contribution >= 4 is 41.0 Å². The summed E-state index contributed by atoms with van der Waals surface area (Å²) in [7, 11) is 1.53. The van der Waals surface area contributed by atoms with Crippen molar-refractivity contribution in [3.63, 3.8) is 0 Å². The SMILES string of the molecule is CCOc1cc(C(Cc2c(Cl)c[n+]([O-])cc2Cl)OC(=O)c2ccc(CN(C(=O)O[C@H]3CN4CCC3CC4)c3ccccc3OC)cc2)ccc1OC(F)F. The summed E-state index contributed by atoms with van der Waals surface area (Å²) in [6.45, 7) is 1.58. The number of rotatable bonds is 14. The molecule has 286 valence electrons. The fraction of sp³-hybridized carbons (Fsp3) is 0.359. The first kappa shape index (κ1) is 38.9. The predicted octanol–water partition coefficient (Wildman–Crippen LogP) is 8.01. The molecule has 2 bridgehead atoms. The summed E-state index contributed by atoms with van der Waals surface area (Å²) in [5, 5.41) is 12.0. The Balaban J connectivity index is 1.24. The summed E-state index contributed by atoms with van der Waals surface area (Å²) < 4.78 is 54.5. The molecule has 1 amide bonds. The molecule has 0 N–H and O–H groups in total. The largest absolute Gasteiger partial charge is 0.619 e. The smallest absolute Gasteiger partial charge is 0.415 e. The van der Waals surface area contributed by atoms with Crippen molar-refractivity contribution in [2.75, 3.05) is 38.3 Å². The van der Waals surface area contributed by atoms with Crippen molar-refractivity contribution in [3.05, 3.63) is 117 Å². The van der Waals surface area contributed by atoms with Crippen LogP contribution in [0.2, 0.25) is 10.0 Å². The van der Waals surface area contributed by atoms with Gasteiger partial charge in [-0.3, -0.25) is 9.80 Å². The summed E-state index contributed by atoms with van der Waals surface area (Å²) in [6, 6.07) is 17.9. The molecule has 1 unspecified atom stereocenters. The Hall–Kier alpha value is -4.85. The molecule has 4 heterocycles. The minimum Gasteiger partial charge on any atom is -0.619 e. The highest BCUT2D eigenvalue weighted by Gasteiger charge is 2.38. The summed E-state index contributed by atoms with van der Waals surface area (Å²) in [5.41, 5.74) is 2.11. The predicted molar refractivity (Wildman–Crippen MR) is 197 cm³/mol. The molecule has 1 aromatic heterocycles. The van der Waals surface area contributed by atoms with E-state index in [0.29, 0.717) is 45.3 Å². The first-order valence-electron chi connectivity index (χ1n) is 17.4. The van der Waals surface area contributed by atoms with E-state index in [1.165, 1.54) is 30.2 Å². The monoisotopic (exact) mass is 785 g/mol. The zero-order valence-corrected chi connectivity index (χ0v) is 31.1. The number of nitrogens with zero attached hydrogens (tertiary/aromatic N) is 3.